The van der Waals surface area contributed by atoms with Crippen LogP contribution in [0.25, 0.3) is 0 Å². The SMILES string of the molecule is C.C1CCCC1.C1CCCC1.Cc1cc(C)c(B(C2CCCC2)C2CCCC2)c(C)c1.[CH3-].[CH3-].[CH3-].[CH3-].[Fe+2].[Fe+2]. The predicted molar refractivity (Wildman–Crippen MR) is 169 cm³/mol. The van der Waals surface area contributed by atoms with Gasteiger partial charge in [0.15, 0.2) is 6.71 Å². The second-order valence-corrected chi connectivity index (χ2v) is 11.0. The summed E-state index contributed by atoms with van der Waals surface area (Å²) < 4.78 is 0. The minimum absolute atomic E-state index is 0. The summed E-state index contributed by atoms with van der Waals surface area (Å²) in [5.74, 6) is 1.94. The molecule has 0 radical (unpaired) electrons. The largest absolute Gasteiger partial charge is 2.00 e. The first kappa shape index (κ1) is 47.1. The molecule has 0 nitrogen and oxygen atoms in total. The first-order valence-electron chi connectivity index (χ1n) is 13.7. The molecule has 0 heterocycles. The summed E-state index contributed by atoms with van der Waals surface area (Å²) in [6, 6.07) is 4.83. The van der Waals surface area contributed by atoms with Crippen LogP contribution < -0.4 is 5.46 Å². The zero-order valence-electron chi connectivity index (χ0n) is 25.3. The maximum absolute atomic E-state index is 2.42. The van der Waals surface area contributed by atoms with Crippen LogP contribution in [0.4, 0.5) is 0 Å². The second-order valence-electron chi connectivity index (χ2n) is 11.0. The number of hydrogen-bond donors (Lipinski definition) is 0. The van der Waals surface area contributed by atoms with Gasteiger partial charge < -0.3 is 29.7 Å². The van der Waals surface area contributed by atoms with E-state index in [2.05, 4.69) is 32.9 Å². The van der Waals surface area contributed by atoms with Crippen molar-refractivity contribution in [3.63, 3.8) is 0 Å². The van der Waals surface area contributed by atoms with Crippen molar-refractivity contribution < 1.29 is 34.1 Å². The maximum atomic E-state index is 2.42. The molecule has 1 aromatic carbocycles. The van der Waals surface area contributed by atoms with Crippen molar-refractivity contribution in [1.29, 1.82) is 0 Å². The van der Waals surface area contributed by atoms with Gasteiger partial charge in [-0.1, -0.05) is 169 Å². The summed E-state index contributed by atoms with van der Waals surface area (Å²) in [6.07, 6.45) is 26.8. The maximum Gasteiger partial charge on any atom is 2.00 e. The van der Waals surface area contributed by atoms with Gasteiger partial charge >= 0.3 is 34.1 Å². The molecular formula is C34H65BFe2. The van der Waals surface area contributed by atoms with Crippen LogP contribution >= 0.6 is 0 Å². The zero-order chi connectivity index (χ0) is 21.2. The molecule has 0 bridgehead atoms. The minimum Gasteiger partial charge on any atom is -0.358 e. The average molecular weight is 596 g/mol. The fraction of sp³-hybridized carbons (Fsp3) is 0.706. The minimum atomic E-state index is 0. The summed E-state index contributed by atoms with van der Waals surface area (Å²) in [7, 11) is 0. The molecule has 0 unspecified atom stereocenters. The van der Waals surface area contributed by atoms with Crippen LogP contribution in [0, 0.1) is 50.5 Å². The molecule has 0 saturated heterocycles. The Hall–Kier alpha value is 0.324. The van der Waals surface area contributed by atoms with E-state index in [1.54, 1.807) is 16.6 Å². The summed E-state index contributed by atoms with van der Waals surface area (Å²) in [5.41, 5.74) is 6.28. The molecular weight excluding hydrogens is 531 g/mol. The van der Waals surface area contributed by atoms with E-state index < -0.39 is 0 Å². The van der Waals surface area contributed by atoms with E-state index in [9.17, 15) is 0 Å². The molecule has 0 aromatic heterocycles. The molecule has 0 aliphatic heterocycles. The van der Waals surface area contributed by atoms with E-state index in [0.29, 0.717) is 0 Å². The Labute approximate surface area is 259 Å². The van der Waals surface area contributed by atoms with E-state index >= 15 is 0 Å². The van der Waals surface area contributed by atoms with Crippen LogP contribution in [0.3, 0.4) is 0 Å². The standard InChI is InChI=1S/C19H29B.2C5H10.CH4.4CH3.2Fe/c1-14-12-15(2)19(16(3)13-14)20(17-8-4-5-9-17)18-10-6-7-11-18;2*1-2-4-5-3-1;;;;;;;/h12-13,17-18H,4-11H2,1-3H3;2*1-5H2;1H4;4*1H3;;/q;;;;4*-1;2*+2. The van der Waals surface area contributed by atoms with Crippen LogP contribution in [0.2, 0.25) is 11.6 Å². The van der Waals surface area contributed by atoms with Crippen LogP contribution in [0.15, 0.2) is 12.1 Å². The summed E-state index contributed by atoms with van der Waals surface area (Å²) in [4.78, 5) is 0. The summed E-state index contributed by atoms with van der Waals surface area (Å²) in [6.45, 7) is 7.81. The van der Waals surface area contributed by atoms with Gasteiger partial charge in [0.1, 0.15) is 0 Å². The van der Waals surface area contributed by atoms with Crippen molar-refractivity contribution in [1.82, 2.24) is 0 Å². The van der Waals surface area contributed by atoms with Gasteiger partial charge in [0, 0.05) is 0 Å². The summed E-state index contributed by atoms with van der Waals surface area (Å²) >= 11 is 0. The van der Waals surface area contributed by atoms with Crippen LogP contribution in [0.5, 0.6) is 0 Å². The number of aryl methyl sites for hydroxylation is 3. The monoisotopic (exact) mass is 596 g/mol. The van der Waals surface area contributed by atoms with Gasteiger partial charge in [0.2, 0.25) is 0 Å². The molecule has 4 aliphatic carbocycles. The molecule has 0 spiro atoms. The Bertz CT molecular complexity index is 546. The molecule has 3 heteroatoms. The smallest absolute Gasteiger partial charge is 0.358 e. The number of benzene rings is 1. The first-order chi connectivity index (χ1) is 14.7. The average Bonchev–Trinajstić information content (AvgIpc) is 3.55. The molecule has 220 valence electrons. The van der Waals surface area contributed by atoms with Crippen LogP contribution in [-0.4, -0.2) is 6.71 Å². The van der Waals surface area contributed by atoms with Gasteiger partial charge in [-0.25, -0.2) is 0 Å². The van der Waals surface area contributed by atoms with Gasteiger partial charge in [-0.05, 0) is 20.8 Å². The fourth-order valence-electron chi connectivity index (χ4n) is 6.97. The molecule has 0 N–H and O–H groups in total. The molecule has 4 fully saturated rings. The Kier molecular flexibility index (Phi) is 33.8. The zero-order valence-corrected chi connectivity index (χ0v) is 27.5. The normalized spacial score (nSPS) is 17.7. The van der Waals surface area contributed by atoms with Crippen molar-refractivity contribution in [2.75, 3.05) is 0 Å². The molecule has 0 atom stereocenters. The Balaban J connectivity index is -0.000000171. The van der Waals surface area contributed by atoms with Crippen LogP contribution in [-0.2, 0) is 34.1 Å². The number of rotatable bonds is 3. The fourth-order valence-corrected chi connectivity index (χ4v) is 6.97. The summed E-state index contributed by atoms with van der Waals surface area (Å²) in [5, 5.41) is 0. The third-order valence-electron chi connectivity index (χ3n) is 8.39. The first-order valence-corrected chi connectivity index (χ1v) is 13.7. The third kappa shape index (κ3) is 15.6. The van der Waals surface area contributed by atoms with Gasteiger partial charge in [-0.2, -0.15) is 0 Å². The Morgan fingerprint density at radius 2 is 0.730 bits per heavy atom. The van der Waals surface area contributed by atoms with E-state index in [-0.39, 0.29) is 71.3 Å². The van der Waals surface area contributed by atoms with Crippen LogP contribution in [0.1, 0.15) is 140 Å². The van der Waals surface area contributed by atoms with Crippen molar-refractivity contribution in [3.05, 3.63) is 58.5 Å². The van der Waals surface area contributed by atoms with Gasteiger partial charge in [-0.15, -0.1) is 0 Å². The Morgan fingerprint density at radius 3 is 0.973 bits per heavy atom. The quantitative estimate of drug-likeness (QED) is 0.241. The molecule has 4 saturated carbocycles. The van der Waals surface area contributed by atoms with Gasteiger partial charge in [-0.3, -0.25) is 0 Å². The van der Waals surface area contributed by atoms with Gasteiger partial charge in [0.25, 0.3) is 0 Å². The van der Waals surface area contributed by atoms with E-state index in [1.165, 1.54) is 121 Å². The molecule has 4 aliphatic rings. The Morgan fingerprint density at radius 1 is 0.486 bits per heavy atom. The topological polar surface area (TPSA) is 0 Å². The van der Waals surface area contributed by atoms with Crippen molar-refractivity contribution in [2.45, 2.75) is 155 Å². The van der Waals surface area contributed by atoms with E-state index in [0.717, 1.165) is 18.3 Å². The molecule has 1 aromatic rings. The predicted octanol–water partition coefficient (Wildman–Crippen LogP) is 11.5. The van der Waals surface area contributed by atoms with Crippen molar-refractivity contribution in [2.24, 2.45) is 0 Å². The van der Waals surface area contributed by atoms with E-state index in [4.69, 9.17) is 0 Å². The van der Waals surface area contributed by atoms with E-state index in [1.807, 2.05) is 0 Å². The molecule has 37 heavy (non-hydrogen) atoms. The number of hydrogen-bond acceptors (Lipinski definition) is 0. The second kappa shape index (κ2) is 26.5. The third-order valence-corrected chi connectivity index (χ3v) is 8.39. The van der Waals surface area contributed by atoms with Crippen molar-refractivity contribution in [3.8, 4) is 0 Å². The molecule has 5 rings (SSSR count). The molecule has 0 amide bonds. The van der Waals surface area contributed by atoms with Gasteiger partial charge in [0.05, 0.1) is 0 Å². The van der Waals surface area contributed by atoms with Crippen molar-refractivity contribution >= 4 is 12.2 Å².